The van der Waals surface area contributed by atoms with E-state index < -0.39 is 5.97 Å². The van der Waals surface area contributed by atoms with Crippen molar-refractivity contribution in [1.82, 2.24) is 0 Å². The van der Waals surface area contributed by atoms with E-state index in [1.807, 2.05) is 0 Å². The van der Waals surface area contributed by atoms with Crippen LogP contribution in [0.3, 0.4) is 0 Å². The maximum absolute atomic E-state index is 12.2. The molecule has 122 valence electrons. The van der Waals surface area contributed by atoms with E-state index in [9.17, 15) is 9.59 Å². The number of carbonyl (C=O) groups excluding carboxylic acids is 2. The Hall–Kier alpha value is -1.40. The lowest BCUT2D eigenvalue weighted by molar-refractivity contribution is 0.0480. The molecule has 3 aromatic rings. The Morgan fingerprint density at radius 2 is 1.79 bits per heavy atom. The van der Waals surface area contributed by atoms with Gasteiger partial charge in [0, 0.05) is 25.1 Å². The van der Waals surface area contributed by atoms with Crippen molar-refractivity contribution in [1.29, 1.82) is 0 Å². The van der Waals surface area contributed by atoms with Crippen LogP contribution in [-0.2, 0) is 4.74 Å². The number of carbonyl (C=O) groups is 2. The predicted octanol–water partition coefficient (Wildman–Crippen LogP) is 6.01. The minimum atomic E-state index is -0.622. The van der Waals surface area contributed by atoms with Crippen molar-refractivity contribution in [2.24, 2.45) is 0 Å². The molecule has 0 aliphatic carbocycles. The van der Waals surface area contributed by atoms with Crippen LogP contribution in [-0.4, -0.2) is 18.4 Å². The molecule has 0 N–H and O–H groups in total. The Bertz CT molecular complexity index is 935. The third-order valence-corrected chi connectivity index (χ3v) is 5.68. The molecule has 1 heterocycles. The summed E-state index contributed by atoms with van der Waals surface area (Å²) in [7, 11) is 0. The standard InChI is InChI=1S/C17H9BrCl2O3S/c18-10-3-1-9(2-4-10)13(21)8-23-17(22)16-15(20)12-6-5-11(19)7-14(12)24-16/h1-7H,8H2. The summed E-state index contributed by atoms with van der Waals surface area (Å²) < 4.78 is 6.77. The van der Waals surface area contributed by atoms with Crippen LogP contribution in [0.2, 0.25) is 10.0 Å². The number of thiophene rings is 1. The van der Waals surface area contributed by atoms with Crippen molar-refractivity contribution in [2.75, 3.05) is 6.61 Å². The highest BCUT2D eigenvalue weighted by Crippen LogP contribution is 2.37. The van der Waals surface area contributed by atoms with E-state index >= 15 is 0 Å². The molecule has 0 radical (unpaired) electrons. The van der Waals surface area contributed by atoms with Crippen LogP contribution < -0.4 is 0 Å². The topological polar surface area (TPSA) is 43.4 Å². The van der Waals surface area contributed by atoms with E-state index in [0.29, 0.717) is 15.6 Å². The molecule has 0 spiro atoms. The van der Waals surface area contributed by atoms with Crippen LogP contribution >= 0.6 is 50.5 Å². The van der Waals surface area contributed by atoms with Crippen molar-refractivity contribution in [2.45, 2.75) is 0 Å². The molecule has 0 saturated carbocycles. The second-order valence-electron chi connectivity index (χ2n) is 4.89. The summed E-state index contributed by atoms with van der Waals surface area (Å²) in [4.78, 5) is 24.5. The van der Waals surface area contributed by atoms with Crippen LogP contribution in [0.25, 0.3) is 10.1 Å². The molecule has 3 nitrogen and oxygen atoms in total. The smallest absolute Gasteiger partial charge is 0.350 e. The fraction of sp³-hybridized carbons (Fsp3) is 0.0588. The lowest BCUT2D eigenvalue weighted by Gasteiger charge is -2.03. The third kappa shape index (κ3) is 3.64. The van der Waals surface area contributed by atoms with E-state index in [0.717, 1.165) is 14.6 Å². The number of benzene rings is 2. The summed E-state index contributed by atoms with van der Waals surface area (Å²) in [6.45, 7) is -0.341. The summed E-state index contributed by atoms with van der Waals surface area (Å²) in [5.41, 5.74) is 0.472. The van der Waals surface area contributed by atoms with E-state index in [2.05, 4.69) is 15.9 Å². The Labute approximate surface area is 160 Å². The van der Waals surface area contributed by atoms with E-state index in [1.165, 1.54) is 11.3 Å². The van der Waals surface area contributed by atoms with Crippen molar-refractivity contribution in [3.63, 3.8) is 0 Å². The predicted molar refractivity (Wildman–Crippen MR) is 101 cm³/mol. The zero-order valence-electron chi connectivity index (χ0n) is 12.0. The van der Waals surface area contributed by atoms with Gasteiger partial charge < -0.3 is 4.74 Å². The maximum Gasteiger partial charge on any atom is 0.350 e. The number of fused-ring (bicyclic) bond motifs is 1. The molecule has 2 aromatic carbocycles. The summed E-state index contributed by atoms with van der Waals surface area (Å²) in [5, 5.41) is 1.61. The fourth-order valence-corrected chi connectivity index (χ4v) is 4.03. The first kappa shape index (κ1) is 17.4. The van der Waals surface area contributed by atoms with Gasteiger partial charge in [0.05, 0.1) is 5.02 Å². The van der Waals surface area contributed by atoms with E-state index in [-0.39, 0.29) is 17.3 Å². The van der Waals surface area contributed by atoms with Gasteiger partial charge >= 0.3 is 5.97 Å². The molecule has 3 rings (SSSR count). The van der Waals surface area contributed by atoms with Crippen LogP contribution in [0.5, 0.6) is 0 Å². The number of hydrogen-bond acceptors (Lipinski definition) is 4. The molecule has 0 amide bonds. The van der Waals surface area contributed by atoms with Crippen LogP contribution in [0.1, 0.15) is 20.0 Å². The van der Waals surface area contributed by atoms with Gasteiger partial charge in [0.1, 0.15) is 4.88 Å². The molecular formula is C17H9BrCl2O3S. The molecule has 1 aromatic heterocycles. The molecule has 0 unspecified atom stereocenters. The fourth-order valence-electron chi connectivity index (χ4n) is 2.09. The highest BCUT2D eigenvalue weighted by atomic mass is 79.9. The first-order valence-corrected chi connectivity index (χ1v) is 9.15. The summed E-state index contributed by atoms with van der Waals surface area (Å²) in [6.07, 6.45) is 0. The van der Waals surface area contributed by atoms with E-state index in [4.69, 9.17) is 27.9 Å². The number of rotatable bonds is 4. The van der Waals surface area contributed by atoms with Gasteiger partial charge in [-0.15, -0.1) is 11.3 Å². The Balaban J connectivity index is 1.74. The molecule has 7 heteroatoms. The molecule has 24 heavy (non-hydrogen) atoms. The van der Waals surface area contributed by atoms with Gasteiger partial charge in [0.15, 0.2) is 12.4 Å². The number of esters is 1. The number of halogens is 3. The first-order chi connectivity index (χ1) is 11.5. The number of ether oxygens (including phenoxy) is 1. The third-order valence-electron chi connectivity index (χ3n) is 3.28. The Morgan fingerprint density at radius 3 is 2.50 bits per heavy atom. The lowest BCUT2D eigenvalue weighted by atomic mass is 10.1. The average molecular weight is 444 g/mol. The second-order valence-corrected chi connectivity index (χ2v) is 7.67. The average Bonchev–Trinajstić information content (AvgIpc) is 2.89. The zero-order valence-corrected chi connectivity index (χ0v) is 15.9. The first-order valence-electron chi connectivity index (χ1n) is 6.79. The SMILES string of the molecule is O=C(COC(=O)c1sc2cc(Cl)ccc2c1Cl)c1ccc(Br)cc1. The number of hydrogen-bond donors (Lipinski definition) is 0. The highest BCUT2D eigenvalue weighted by Gasteiger charge is 2.20. The molecule has 0 fully saturated rings. The van der Waals surface area contributed by atoms with Gasteiger partial charge in [-0.05, 0) is 24.3 Å². The number of ketones is 1. The normalized spacial score (nSPS) is 10.8. The van der Waals surface area contributed by atoms with Crippen molar-refractivity contribution >= 4 is 72.3 Å². The monoisotopic (exact) mass is 442 g/mol. The van der Waals surface area contributed by atoms with E-state index in [1.54, 1.807) is 42.5 Å². The van der Waals surface area contributed by atoms with Gasteiger partial charge in [-0.3, -0.25) is 4.79 Å². The summed E-state index contributed by atoms with van der Waals surface area (Å²) in [6, 6.07) is 12.0. The highest BCUT2D eigenvalue weighted by molar-refractivity contribution is 9.10. The second kappa shape index (κ2) is 7.23. The van der Waals surface area contributed by atoms with Gasteiger partial charge in [-0.25, -0.2) is 4.79 Å². The minimum Gasteiger partial charge on any atom is -0.453 e. The van der Waals surface area contributed by atoms with Gasteiger partial charge in [0.25, 0.3) is 0 Å². The summed E-state index contributed by atoms with van der Waals surface area (Å²) in [5.74, 6) is -0.904. The van der Waals surface area contributed by atoms with Crippen LogP contribution in [0.15, 0.2) is 46.9 Å². The molecule has 0 saturated heterocycles. The molecular weight excluding hydrogens is 435 g/mol. The largest absolute Gasteiger partial charge is 0.453 e. The van der Waals surface area contributed by atoms with Gasteiger partial charge in [-0.1, -0.05) is 57.3 Å². The summed E-state index contributed by atoms with van der Waals surface area (Å²) >= 11 is 16.7. The minimum absolute atomic E-state index is 0.262. The van der Waals surface area contributed by atoms with Crippen molar-refractivity contribution in [3.05, 3.63) is 67.4 Å². The van der Waals surface area contributed by atoms with Gasteiger partial charge in [0.2, 0.25) is 0 Å². The Morgan fingerprint density at radius 1 is 1.08 bits per heavy atom. The maximum atomic E-state index is 12.2. The zero-order chi connectivity index (χ0) is 17.3. The van der Waals surface area contributed by atoms with Crippen LogP contribution in [0, 0.1) is 0 Å². The van der Waals surface area contributed by atoms with Crippen molar-refractivity contribution in [3.8, 4) is 0 Å². The van der Waals surface area contributed by atoms with Gasteiger partial charge in [-0.2, -0.15) is 0 Å². The molecule has 0 aliphatic rings. The lowest BCUT2D eigenvalue weighted by Crippen LogP contribution is -2.13. The number of Topliss-reactive ketones (excluding diaryl/α,β-unsaturated/α-hetero) is 1. The van der Waals surface area contributed by atoms with Crippen molar-refractivity contribution < 1.29 is 14.3 Å². The molecule has 0 bridgehead atoms. The molecule has 0 aliphatic heterocycles. The molecule has 0 atom stereocenters. The van der Waals surface area contributed by atoms with Crippen LogP contribution in [0.4, 0.5) is 0 Å². The quantitative estimate of drug-likeness (QED) is 0.366. The Kier molecular flexibility index (Phi) is 5.25.